The van der Waals surface area contributed by atoms with Crippen molar-refractivity contribution in [3.63, 3.8) is 0 Å². The molecule has 0 aromatic rings. The predicted octanol–water partition coefficient (Wildman–Crippen LogP) is 7.54. The van der Waals surface area contributed by atoms with Crippen LogP contribution in [0.3, 0.4) is 0 Å². The molecule has 1 saturated heterocycles. The van der Waals surface area contributed by atoms with Gasteiger partial charge in [-0.15, -0.1) is 0 Å². The van der Waals surface area contributed by atoms with Crippen molar-refractivity contribution in [2.75, 3.05) is 0 Å². The third kappa shape index (κ3) is 2.97. The summed E-state index contributed by atoms with van der Waals surface area (Å²) in [6.45, 7) is 0. The summed E-state index contributed by atoms with van der Waals surface area (Å²) in [6.07, 6.45) is 28.5. The topological polar surface area (TPSA) is 21.8 Å². The van der Waals surface area contributed by atoms with Crippen LogP contribution in [0.25, 0.3) is 0 Å². The Hall–Kier alpha value is -0.0800. The minimum atomic E-state index is 0.237. The van der Waals surface area contributed by atoms with Crippen LogP contribution in [0, 0.1) is 64.1 Å². The van der Waals surface area contributed by atoms with Crippen molar-refractivity contribution < 1.29 is 9.47 Å². The number of hydrogen-bond acceptors (Lipinski definition) is 2. The number of epoxide rings is 1. The first kappa shape index (κ1) is 20.8. The van der Waals surface area contributed by atoms with Gasteiger partial charge in [0.1, 0.15) is 6.10 Å². The van der Waals surface area contributed by atoms with E-state index >= 15 is 0 Å². The third-order valence-corrected chi connectivity index (χ3v) is 14.6. The molecule has 0 radical (unpaired) electrons. The van der Waals surface area contributed by atoms with E-state index in [9.17, 15) is 0 Å². The third-order valence-electron chi connectivity index (χ3n) is 14.6. The predicted molar refractivity (Wildman–Crippen MR) is 136 cm³/mol. The average molecular weight is 477 g/mol. The van der Waals surface area contributed by atoms with Gasteiger partial charge in [-0.2, -0.15) is 0 Å². The first-order valence-corrected chi connectivity index (χ1v) is 16.4. The Morgan fingerprint density at radius 1 is 0.486 bits per heavy atom. The van der Waals surface area contributed by atoms with Gasteiger partial charge in [0.05, 0.1) is 17.8 Å². The molecule has 0 aromatic heterocycles. The zero-order valence-electron chi connectivity index (χ0n) is 22.0. The quantitative estimate of drug-likeness (QED) is 0.382. The Morgan fingerprint density at radius 2 is 0.857 bits per heavy atom. The smallest absolute Gasteiger partial charge is 0.111 e. The number of rotatable bonds is 5. The highest BCUT2D eigenvalue weighted by Crippen LogP contribution is 2.69. The van der Waals surface area contributed by atoms with Crippen molar-refractivity contribution in [2.45, 2.75) is 139 Å². The molecule has 0 N–H and O–H groups in total. The summed E-state index contributed by atoms with van der Waals surface area (Å²) >= 11 is 0. The van der Waals surface area contributed by atoms with E-state index in [1.165, 1.54) is 77.0 Å². The van der Waals surface area contributed by atoms with Crippen molar-refractivity contribution in [1.29, 1.82) is 0 Å². The minimum Gasteiger partial charge on any atom is -0.368 e. The minimum absolute atomic E-state index is 0.237. The zero-order valence-corrected chi connectivity index (χ0v) is 22.0. The molecule has 1 heterocycles. The maximum absolute atomic E-state index is 7.83. The molecule has 13 aliphatic rings. The molecule has 12 aliphatic carbocycles. The largest absolute Gasteiger partial charge is 0.368 e. The van der Waals surface area contributed by atoms with Crippen LogP contribution in [-0.4, -0.2) is 23.9 Å². The van der Waals surface area contributed by atoms with Gasteiger partial charge in [-0.1, -0.05) is 0 Å². The lowest BCUT2D eigenvalue weighted by Crippen LogP contribution is -2.60. The molecule has 1 aliphatic heterocycles. The van der Waals surface area contributed by atoms with Crippen LogP contribution >= 0.6 is 0 Å². The summed E-state index contributed by atoms with van der Waals surface area (Å²) in [6, 6.07) is 0. The van der Waals surface area contributed by atoms with Crippen LogP contribution in [0.4, 0.5) is 0 Å². The highest BCUT2D eigenvalue weighted by molar-refractivity contribution is 5.17. The van der Waals surface area contributed by atoms with Gasteiger partial charge in [0, 0.05) is 10.8 Å². The van der Waals surface area contributed by atoms with E-state index in [1.54, 1.807) is 38.5 Å². The molecule has 0 spiro atoms. The second kappa shape index (κ2) is 6.73. The maximum Gasteiger partial charge on any atom is 0.111 e. The lowest BCUT2D eigenvalue weighted by molar-refractivity contribution is -0.240. The summed E-state index contributed by atoms with van der Waals surface area (Å²) in [5.41, 5.74) is 1.26. The van der Waals surface area contributed by atoms with Gasteiger partial charge in [-0.25, -0.2) is 0 Å². The molecule has 12 bridgehead atoms. The molecular weight excluding hydrogens is 428 g/mol. The fourth-order valence-electron chi connectivity index (χ4n) is 14.9. The highest BCUT2D eigenvalue weighted by atomic mass is 16.6. The average Bonchev–Trinajstić information content (AvgIpc) is 3.56. The van der Waals surface area contributed by atoms with Crippen molar-refractivity contribution in [3.05, 3.63) is 0 Å². The Balaban J connectivity index is 1.00. The summed E-state index contributed by atoms with van der Waals surface area (Å²) in [4.78, 5) is 0. The van der Waals surface area contributed by atoms with Crippen LogP contribution in [0.5, 0.6) is 0 Å². The summed E-state index contributed by atoms with van der Waals surface area (Å²) in [5.74, 6) is 9.10. The van der Waals surface area contributed by atoms with Crippen LogP contribution in [0.2, 0.25) is 0 Å². The molecule has 3 atom stereocenters. The Bertz CT molecular complexity index is 812. The molecule has 13 fully saturated rings. The zero-order chi connectivity index (χ0) is 22.6. The van der Waals surface area contributed by atoms with E-state index in [0.717, 1.165) is 53.3 Å². The summed E-state index contributed by atoms with van der Waals surface area (Å²) in [7, 11) is 0. The van der Waals surface area contributed by atoms with Gasteiger partial charge < -0.3 is 9.47 Å². The fraction of sp³-hybridized carbons (Fsp3) is 1.00. The van der Waals surface area contributed by atoms with E-state index in [-0.39, 0.29) is 5.60 Å². The molecule has 2 heteroatoms. The standard InChI is InChI=1S/C33H48O2/c1-19-2-21-3-20(1)11-31(10-19,12-21)29-28(34-29)30(32-13-22-4-23(14-32)6-24(5-22)15-32)35-33-16-25-7-26(17-33)9-27(8-25)18-33/h19-30H,1-18H2/t19?,20?,21?,22?,23?,24?,25?,26?,27?,28-,29?,30?,31?,32?,33?/m0/s1. The first-order chi connectivity index (χ1) is 17.0. The van der Waals surface area contributed by atoms with E-state index < -0.39 is 0 Å². The molecule has 0 aromatic carbocycles. The second-order valence-corrected chi connectivity index (χ2v) is 17.2. The van der Waals surface area contributed by atoms with Crippen molar-refractivity contribution in [2.24, 2.45) is 64.1 Å². The number of hydrogen-bond donors (Lipinski definition) is 0. The van der Waals surface area contributed by atoms with Crippen LogP contribution < -0.4 is 0 Å². The van der Waals surface area contributed by atoms with Gasteiger partial charge >= 0.3 is 0 Å². The first-order valence-electron chi connectivity index (χ1n) is 16.4. The lowest BCUT2D eigenvalue weighted by atomic mass is 9.46. The normalized spacial score (nSPS) is 65.3. The molecular formula is C33H48O2. The highest BCUT2D eigenvalue weighted by Gasteiger charge is 2.69. The SMILES string of the molecule is C1C2CC3CC1CC(OC([C@H]1OC1C14CC5CC(CC(C5)C1)C4)C14CC5CC(CC(C5)C1)C4)(C2)C3. The van der Waals surface area contributed by atoms with Gasteiger partial charge in [0.25, 0.3) is 0 Å². The molecule has 192 valence electrons. The van der Waals surface area contributed by atoms with Gasteiger partial charge in [-0.3, -0.25) is 0 Å². The Kier molecular flexibility index (Phi) is 4.00. The molecule has 2 unspecified atom stereocenters. The van der Waals surface area contributed by atoms with E-state index in [4.69, 9.17) is 9.47 Å². The van der Waals surface area contributed by atoms with E-state index in [0.29, 0.717) is 29.1 Å². The molecule has 12 saturated carbocycles. The molecule has 0 amide bonds. The van der Waals surface area contributed by atoms with Crippen molar-refractivity contribution in [3.8, 4) is 0 Å². The maximum atomic E-state index is 7.83. The van der Waals surface area contributed by atoms with Crippen LogP contribution in [-0.2, 0) is 9.47 Å². The van der Waals surface area contributed by atoms with E-state index in [2.05, 4.69) is 0 Å². The van der Waals surface area contributed by atoms with Crippen LogP contribution in [0.15, 0.2) is 0 Å². The summed E-state index contributed by atoms with van der Waals surface area (Å²) < 4.78 is 14.9. The fourth-order valence-corrected chi connectivity index (χ4v) is 14.9. The van der Waals surface area contributed by atoms with E-state index in [1.807, 2.05) is 0 Å². The van der Waals surface area contributed by atoms with Gasteiger partial charge in [0.2, 0.25) is 0 Å². The molecule has 35 heavy (non-hydrogen) atoms. The van der Waals surface area contributed by atoms with Crippen molar-refractivity contribution in [1.82, 2.24) is 0 Å². The second-order valence-electron chi connectivity index (χ2n) is 17.2. The van der Waals surface area contributed by atoms with Crippen molar-refractivity contribution >= 4 is 0 Å². The van der Waals surface area contributed by atoms with Gasteiger partial charge in [0.15, 0.2) is 0 Å². The molecule has 13 rings (SSSR count). The van der Waals surface area contributed by atoms with Gasteiger partial charge in [-0.05, 0) is 169 Å². The van der Waals surface area contributed by atoms with Crippen LogP contribution in [0.1, 0.15) is 116 Å². The number of ether oxygens (including phenoxy) is 2. The Morgan fingerprint density at radius 3 is 1.29 bits per heavy atom. The lowest BCUT2D eigenvalue weighted by Gasteiger charge is -2.62. The molecule has 2 nitrogen and oxygen atoms in total. The monoisotopic (exact) mass is 476 g/mol. The Labute approximate surface area is 213 Å². The summed E-state index contributed by atoms with van der Waals surface area (Å²) in [5, 5.41) is 0.